The second kappa shape index (κ2) is 8.36. The molecular formula is C23H25N5O2. The Bertz CT molecular complexity index is 1020. The van der Waals surface area contributed by atoms with Gasteiger partial charge >= 0.3 is 0 Å². The smallest absolute Gasteiger partial charge is 0.249 e. The molecule has 1 aromatic carbocycles. The standard InChI is InChI=1S/C23H25N5O2/c29-21(16-27-13-10-17-6-1-2-7-19(17)15-27)28-12-4-3-9-20(28)23-26-25-22(30-23)18-8-5-11-24-14-18/h1-2,5-8,11,14,20H,3-4,9-10,12-13,15-16H2. The Hall–Kier alpha value is -3.06. The number of amides is 1. The Morgan fingerprint density at radius 1 is 1.07 bits per heavy atom. The zero-order valence-electron chi connectivity index (χ0n) is 16.9. The Morgan fingerprint density at radius 2 is 1.97 bits per heavy atom. The monoisotopic (exact) mass is 403 g/mol. The number of rotatable bonds is 4. The molecule has 3 aromatic rings. The lowest BCUT2D eigenvalue weighted by Crippen LogP contribution is -2.45. The number of piperidine rings is 1. The van der Waals surface area contributed by atoms with Crippen LogP contribution in [0, 0.1) is 0 Å². The zero-order chi connectivity index (χ0) is 20.3. The van der Waals surface area contributed by atoms with Gasteiger partial charge in [0.2, 0.25) is 17.7 Å². The van der Waals surface area contributed by atoms with Crippen molar-refractivity contribution in [3.05, 3.63) is 65.8 Å². The molecule has 1 atom stereocenters. The minimum atomic E-state index is -0.152. The summed E-state index contributed by atoms with van der Waals surface area (Å²) in [5.74, 6) is 1.11. The summed E-state index contributed by atoms with van der Waals surface area (Å²) in [5.41, 5.74) is 3.51. The highest BCUT2D eigenvalue weighted by Gasteiger charge is 2.33. The van der Waals surface area contributed by atoms with Gasteiger partial charge in [-0.2, -0.15) is 0 Å². The Kier molecular flexibility index (Phi) is 5.27. The molecule has 2 aliphatic rings. The van der Waals surface area contributed by atoms with Crippen molar-refractivity contribution in [3.8, 4) is 11.5 Å². The fraction of sp³-hybridized carbons (Fsp3) is 0.391. The molecule has 5 rings (SSSR count). The number of carbonyl (C=O) groups excluding carboxylic acids is 1. The fourth-order valence-electron chi connectivity index (χ4n) is 4.43. The molecule has 1 unspecified atom stereocenters. The SMILES string of the molecule is O=C(CN1CCc2ccccc2C1)N1CCCCC1c1nnc(-c2cccnc2)o1. The minimum absolute atomic E-state index is 0.139. The number of benzene rings is 1. The van der Waals surface area contributed by atoms with Crippen LogP contribution >= 0.6 is 0 Å². The van der Waals surface area contributed by atoms with Crippen molar-refractivity contribution in [2.75, 3.05) is 19.6 Å². The third kappa shape index (κ3) is 3.85. The quantitative estimate of drug-likeness (QED) is 0.666. The number of pyridine rings is 1. The maximum absolute atomic E-state index is 13.2. The van der Waals surface area contributed by atoms with Crippen molar-refractivity contribution in [2.45, 2.75) is 38.3 Å². The molecular weight excluding hydrogens is 378 g/mol. The second-order valence-corrected chi connectivity index (χ2v) is 8.02. The zero-order valence-corrected chi connectivity index (χ0v) is 16.9. The van der Waals surface area contributed by atoms with Crippen molar-refractivity contribution in [1.29, 1.82) is 0 Å². The van der Waals surface area contributed by atoms with E-state index in [2.05, 4.69) is 44.3 Å². The predicted molar refractivity (Wildman–Crippen MR) is 111 cm³/mol. The summed E-state index contributed by atoms with van der Waals surface area (Å²) in [6.45, 7) is 2.89. The number of hydrogen-bond donors (Lipinski definition) is 0. The van der Waals surface area contributed by atoms with Gasteiger partial charge in [-0.25, -0.2) is 0 Å². The van der Waals surface area contributed by atoms with Crippen LogP contribution in [-0.2, 0) is 17.8 Å². The van der Waals surface area contributed by atoms with Crippen LogP contribution in [0.5, 0.6) is 0 Å². The molecule has 0 N–H and O–H groups in total. The molecule has 30 heavy (non-hydrogen) atoms. The van der Waals surface area contributed by atoms with Crippen molar-refractivity contribution < 1.29 is 9.21 Å². The third-order valence-corrected chi connectivity index (χ3v) is 6.03. The van der Waals surface area contributed by atoms with E-state index in [0.29, 0.717) is 18.3 Å². The van der Waals surface area contributed by atoms with Crippen LogP contribution in [0.15, 0.2) is 53.2 Å². The van der Waals surface area contributed by atoms with E-state index in [1.807, 2.05) is 17.0 Å². The van der Waals surface area contributed by atoms with Gasteiger partial charge in [-0.3, -0.25) is 14.7 Å². The second-order valence-electron chi connectivity index (χ2n) is 8.02. The lowest BCUT2D eigenvalue weighted by atomic mass is 9.99. The van der Waals surface area contributed by atoms with Gasteiger partial charge in [-0.15, -0.1) is 10.2 Å². The Morgan fingerprint density at radius 3 is 2.83 bits per heavy atom. The normalized spacial score (nSPS) is 19.5. The first-order valence-electron chi connectivity index (χ1n) is 10.6. The number of nitrogens with zero attached hydrogens (tertiary/aromatic N) is 5. The molecule has 7 nitrogen and oxygen atoms in total. The average molecular weight is 403 g/mol. The molecule has 0 spiro atoms. The molecule has 1 fully saturated rings. The number of hydrogen-bond acceptors (Lipinski definition) is 6. The van der Waals surface area contributed by atoms with Crippen LogP contribution < -0.4 is 0 Å². The maximum atomic E-state index is 13.2. The van der Waals surface area contributed by atoms with Gasteiger partial charge in [0.1, 0.15) is 6.04 Å². The van der Waals surface area contributed by atoms with Gasteiger partial charge < -0.3 is 9.32 Å². The van der Waals surface area contributed by atoms with Crippen LogP contribution in [0.2, 0.25) is 0 Å². The van der Waals surface area contributed by atoms with Gasteiger partial charge in [0.15, 0.2) is 0 Å². The van der Waals surface area contributed by atoms with Gasteiger partial charge in [0.25, 0.3) is 0 Å². The van der Waals surface area contributed by atoms with E-state index >= 15 is 0 Å². The minimum Gasteiger partial charge on any atom is -0.418 e. The van der Waals surface area contributed by atoms with Crippen LogP contribution in [0.4, 0.5) is 0 Å². The Balaban J connectivity index is 1.30. The summed E-state index contributed by atoms with van der Waals surface area (Å²) in [7, 11) is 0. The van der Waals surface area contributed by atoms with E-state index in [1.54, 1.807) is 12.4 Å². The van der Waals surface area contributed by atoms with Crippen molar-refractivity contribution in [1.82, 2.24) is 25.0 Å². The van der Waals surface area contributed by atoms with Gasteiger partial charge in [0, 0.05) is 32.0 Å². The lowest BCUT2D eigenvalue weighted by molar-refractivity contribution is -0.137. The highest BCUT2D eigenvalue weighted by Crippen LogP contribution is 2.32. The molecule has 1 amide bonds. The lowest BCUT2D eigenvalue weighted by Gasteiger charge is -2.36. The first-order valence-corrected chi connectivity index (χ1v) is 10.6. The molecule has 4 heterocycles. The molecule has 0 saturated carbocycles. The van der Waals surface area contributed by atoms with E-state index in [-0.39, 0.29) is 11.9 Å². The highest BCUT2D eigenvalue weighted by atomic mass is 16.4. The fourth-order valence-corrected chi connectivity index (χ4v) is 4.43. The summed E-state index contributed by atoms with van der Waals surface area (Å²) >= 11 is 0. The average Bonchev–Trinajstić information content (AvgIpc) is 3.30. The van der Waals surface area contributed by atoms with Gasteiger partial charge in [-0.1, -0.05) is 24.3 Å². The molecule has 2 aromatic heterocycles. The van der Waals surface area contributed by atoms with Crippen LogP contribution in [0.25, 0.3) is 11.5 Å². The van der Waals surface area contributed by atoms with E-state index < -0.39 is 0 Å². The summed E-state index contributed by atoms with van der Waals surface area (Å²) in [6, 6.07) is 12.1. The topological polar surface area (TPSA) is 75.4 Å². The molecule has 7 heteroatoms. The van der Waals surface area contributed by atoms with Gasteiger partial charge in [0.05, 0.1) is 12.1 Å². The number of aromatic nitrogens is 3. The Labute approximate surface area is 175 Å². The van der Waals surface area contributed by atoms with Crippen LogP contribution in [0.1, 0.15) is 42.3 Å². The van der Waals surface area contributed by atoms with Crippen molar-refractivity contribution in [3.63, 3.8) is 0 Å². The van der Waals surface area contributed by atoms with Crippen LogP contribution in [0.3, 0.4) is 0 Å². The summed E-state index contributed by atoms with van der Waals surface area (Å²) in [6.07, 6.45) is 7.32. The summed E-state index contributed by atoms with van der Waals surface area (Å²) < 4.78 is 5.96. The molecule has 1 saturated heterocycles. The van der Waals surface area contributed by atoms with E-state index in [1.165, 1.54) is 11.1 Å². The van der Waals surface area contributed by atoms with Crippen molar-refractivity contribution in [2.24, 2.45) is 0 Å². The predicted octanol–water partition coefficient (Wildman–Crippen LogP) is 3.24. The summed E-state index contributed by atoms with van der Waals surface area (Å²) in [5, 5.41) is 8.46. The first kappa shape index (κ1) is 18.9. The highest BCUT2D eigenvalue weighted by molar-refractivity contribution is 5.78. The summed E-state index contributed by atoms with van der Waals surface area (Å²) in [4.78, 5) is 21.5. The van der Waals surface area contributed by atoms with E-state index in [9.17, 15) is 4.79 Å². The number of carbonyl (C=O) groups is 1. The molecule has 2 aliphatic heterocycles. The van der Waals surface area contributed by atoms with E-state index in [4.69, 9.17) is 4.42 Å². The number of fused-ring (bicyclic) bond motifs is 1. The molecule has 0 aliphatic carbocycles. The van der Waals surface area contributed by atoms with E-state index in [0.717, 1.165) is 50.9 Å². The first-order chi connectivity index (χ1) is 14.8. The van der Waals surface area contributed by atoms with Crippen LogP contribution in [-0.4, -0.2) is 50.5 Å². The number of likely N-dealkylation sites (tertiary alicyclic amines) is 1. The molecule has 0 radical (unpaired) electrons. The molecule has 154 valence electrons. The van der Waals surface area contributed by atoms with Crippen molar-refractivity contribution >= 4 is 5.91 Å². The molecule has 0 bridgehead atoms. The largest absolute Gasteiger partial charge is 0.418 e. The third-order valence-electron chi connectivity index (χ3n) is 6.03. The maximum Gasteiger partial charge on any atom is 0.249 e. The van der Waals surface area contributed by atoms with Gasteiger partial charge in [-0.05, 0) is 48.9 Å².